The molecule has 1 saturated carbocycles. The molecule has 2 aromatic rings. The fraction of sp³-hybridized carbons (Fsp3) is 0.500. The lowest BCUT2D eigenvalue weighted by Crippen LogP contribution is -2.29. The molecule has 0 aromatic heterocycles. The molecule has 2 N–H and O–H groups in total. The number of benzene rings is 2. The molecule has 1 fully saturated rings. The van der Waals surface area contributed by atoms with Gasteiger partial charge in [0, 0.05) is 13.1 Å². The predicted octanol–water partition coefficient (Wildman–Crippen LogP) is 5.38. The summed E-state index contributed by atoms with van der Waals surface area (Å²) >= 11 is 0. The van der Waals surface area contributed by atoms with Gasteiger partial charge in [0.15, 0.2) is 0 Å². The van der Waals surface area contributed by atoms with Gasteiger partial charge in [-0.2, -0.15) is 11.0 Å². The lowest BCUT2D eigenvalue weighted by molar-refractivity contribution is -0.0108. The first kappa shape index (κ1) is 27.5. The van der Waals surface area contributed by atoms with E-state index in [1.54, 1.807) is 48.5 Å². The second-order valence-electron chi connectivity index (χ2n) is 8.96. The third-order valence-electron chi connectivity index (χ3n) is 5.99. The minimum atomic E-state index is -0.354. The van der Waals surface area contributed by atoms with E-state index in [1.165, 1.54) is 0 Å². The van der Waals surface area contributed by atoms with Crippen molar-refractivity contribution in [3.05, 3.63) is 59.7 Å². The number of rotatable bonds is 14. The zero-order valence-electron chi connectivity index (χ0n) is 21.3. The molecule has 0 heterocycles. The molecular weight excluding hydrogens is 460 g/mol. The Morgan fingerprint density at radius 2 is 1.03 bits per heavy atom. The van der Waals surface area contributed by atoms with Crippen molar-refractivity contribution in [2.24, 2.45) is 0 Å². The van der Waals surface area contributed by atoms with Crippen molar-refractivity contribution in [3.8, 4) is 11.5 Å². The number of esters is 2. The summed E-state index contributed by atoms with van der Waals surface area (Å²) in [5.74, 6) is 0.589. The molecule has 0 saturated heterocycles. The van der Waals surface area contributed by atoms with E-state index in [0.29, 0.717) is 48.3 Å². The van der Waals surface area contributed by atoms with Crippen LogP contribution in [0.5, 0.6) is 11.5 Å². The van der Waals surface area contributed by atoms with Crippen molar-refractivity contribution in [1.29, 1.82) is 0 Å². The summed E-state index contributed by atoms with van der Waals surface area (Å²) in [5, 5.41) is 0. The Hall–Kier alpha value is -3.10. The highest BCUT2D eigenvalue weighted by molar-refractivity contribution is 5.90. The molecule has 1 aliphatic rings. The molecular formula is C28H38N2O6. The first-order chi connectivity index (χ1) is 17.6. The van der Waals surface area contributed by atoms with E-state index in [0.717, 1.165) is 38.8 Å². The van der Waals surface area contributed by atoms with Crippen LogP contribution in [0, 0.1) is 0 Å². The second kappa shape index (κ2) is 15.1. The molecule has 8 nitrogen and oxygen atoms in total. The average Bonchev–Trinajstić information content (AvgIpc) is 2.91. The lowest BCUT2D eigenvalue weighted by atomic mass is 9.95. The van der Waals surface area contributed by atoms with E-state index in [9.17, 15) is 9.59 Å². The van der Waals surface area contributed by atoms with E-state index < -0.39 is 0 Å². The summed E-state index contributed by atoms with van der Waals surface area (Å²) in [6, 6.07) is 13.8. The molecule has 196 valence electrons. The highest BCUT2D eigenvalue weighted by Gasteiger charge is 2.27. The topological polar surface area (TPSA) is 95.1 Å². The fourth-order valence-electron chi connectivity index (χ4n) is 3.79. The Morgan fingerprint density at radius 3 is 1.36 bits per heavy atom. The van der Waals surface area contributed by atoms with Crippen LogP contribution >= 0.6 is 0 Å². The van der Waals surface area contributed by atoms with Crippen LogP contribution in [0.3, 0.4) is 0 Å². The smallest absolute Gasteiger partial charge is 0.338 e. The molecule has 0 amide bonds. The van der Waals surface area contributed by atoms with Gasteiger partial charge < -0.3 is 19.1 Å². The van der Waals surface area contributed by atoms with Crippen molar-refractivity contribution in [2.75, 3.05) is 13.1 Å². The number of carbonyl (C=O) groups excluding carboxylic acids is 2. The van der Waals surface area contributed by atoms with Gasteiger partial charge in [-0.1, -0.05) is 26.7 Å². The summed E-state index contributed by atoms with van der Waals surface area (Å²) in [6.07, 6.45) is 6.50. The molecule has 2 aromatic carbocycles. The van der Waals surface area contributed by atoms with Gasteiger partial charge >= 0.3 is 11.9 Å². The highest BCUT2D eigenvalue weighted by atomic mass is 16.6. The minimum absolute atomic E-state index is 0.185. The Balaban J connectivity index is 1.36. The van der Waals surface area contributed by atoms with Gasteiger partial charge in [-0.15, -0.1) is 0 Å². The van der Waals surface area contributed by atoms with E-state index in [1.807, 2.05) is 0 Å². The van der Waals surface area contributed by atoms with Crippen molar-refractivity contribution in [1.82, 2.24) is 11.0 Å². The summed E-state index contributed by atoms with van der Waals surface area (Å²) in [6.45, 7) is 5.78. The molecule has 0 spiro atoms. The van der Waals surface area contributed by atoms with Gasteiger partial charge in [-0.25, -0.2) is 9.59 Å². The number of nitrogens with one attached hydrogen (secondary N) is 2. The Bertz CT molecular complexity index is 847. The largest absolute Gasteiger partial charge is 0.459 e. The first-order valence-electron chi connectivity index (χ1n) is 13.0. The minimum Gasteiger partial charge on any atom is -0.459 e. The van der Waals surface area contributed by atoms with Crippen LogP contribution in [0.2, 0.25) is 0 Å². The Labute approximate surface area is 213 Å². The third kappa shape index (κ3) is 9.17. The van der Waals surface area contributed by atoms with Gasteiger partial charge in [0.1, 0.15) is 23.7 Å². The number of carbonyl (C=O) groups is 2. The second-order valence-corrected chi connectivity index (χ2v) is 8.96. The van der Waals surface area contributed by atoms with Crippen molar-refractivity contribution in [3.63, 3.8) is 0 Å². The van der Waals surface area contributed by atoms with Crippen LogP contribution in [-0.4, -0.2) is 37.2 Å². The van der Waals surface area contributed by atoms with Crippen LogP contribution in [-0.2, 0) is 9.47 Å². The predicted molar refractivity (Wildman–Crippen MR) is 137 cm³/mol. The van der Waals surface area contributed by atoms with Gasteiger partial charge in [-0.3, -0.25) is 0 Å². The number of hydrogen-bond acceptors (Lipinski definition) is 8. The van der Waals surface area contributed by atoms with Gasteiger partial charge in [0.05, 0.1) is 11.1 Å². The standard InChI is InChI=1S/C28H38N2O6/c1-3-5-19-29-35-25-11-7-21(8-12-25)27(31)33-23-15-17-24(18-16-23)34-28(32)22-9-13-26(14-10-22)36-30-20-6-4-2/h7-14,23-24,29-30H,3-6,15-20H2,1-2H3. The van der Waals surface area contributed by atoms with Crippen LogP contribution < -0.4 is 20.6 Å². The van der Waals surface area contributed by atoms with Crippen LogP contribution in [0.4, 0.5) is 0 Å². The monoisotopic (exact) mass is 498 g/mol. The van der Waals surface area contributed by atoms with Crippen LogP contribution in [0.15, 0.2) is 48.5 Å². The average molecular weight is 499 g/mol. The maximum Gasteiger partial charge on any atom is 0.338 e. The highest BCUT2D eigenvalue weighted by Crippen LogP contribution is 2.26. The van der Waals surface area contributed by atoms with Gasteiger partial charge in [-0.05, 0) is 87.1 Å². The molecule has 1 aliphatic carbocycles. The van der Waals surface area contributed by atoms with Crippen molar-refractivity contribution < 1.29 is 28.7 Å². The number of ether oxygens (including phenoxy) is 2. The van der Waals surface area contributed by atoms with Crippen LogP contribution in [0.1, 0.15) is 85.9 Å². The molecule has 8 heteroatoms. The van der Waals surface area contributed by atoms with E-state index in [4.69, 9.17) is 19.1 Å². The van der Waals surface area contributed by atoms with Gasteiger partial charge in [0.25, 0.3) is 0 Å². The van der Waals surface area contributed by atoms with Crippen molar-refractivity contribution in [2.45, 2.75) is 77.4 Å². The quantitative estimate of drug-likeness (QED) is 0.204. The van der Waals surface area contributed by atoms with E-state index in [2.05, 4.69) is 24.8 Å². The molecule has 0 aliphatic heterocycles. The van der Waals surface area contributed by atoms with Crippen molar-refractivity contribution >= 4 is 11.9 Å². The molecule has 0 atom stereocenters. The van der Waals surface area contributed by atoms with Crippen LogP contribution in [0.25, 0.3) is 0 Å². The number of hydroxylamine groups is 2. The molecule has 0 bridgehead atoms. The SMILES string of the molecule is CCCCNOc1ccc(C(=O)OC2CCC(OC(=O)c3ccc(ONCCCC)cc3)CC2)cc1. The molecule has 36 heavy (non-hydrogen) atoms. The van der Waals surface area contributed by atoms with E-state index in [-0.39, 0.29) is 24.1 Å². The Kier molecular flexibility index (Phi) is 11.5. The summed E-state index contributed by atoms with van der Waals surface area (Å²) in [5.41, 5.74) is 6.76. The maximum atomic E-state index is 12.5. The number of unbranched alkanes of at least 4 members (excludes halogenated alkanes) is 2. The fourth-order valence-corrected chi connectivity index (χ4v) is 3.79. The molecule has 3 rings (SSSR count). The van der Waals surface area contributed by atoms with E-state index >= 15 is 0 Å². The Morgan fingerprint density at radius 1 is 0.667 bits per heavy atom. The summed E-state index contributed by atoms with van der Waals surface area (Å²) < 4.78 is 11.3. The zero-order chi connectivity index (χ0) is 25.6. The number of hydrogen-bond donors (Lipinski definition) is 2. The first-order valence-corrected chi connectivity index (χ1v) is 13.0. The normalized spacial score (nSPS) is 17.3. The summed E-state index contributed by atoms with van der Waals surface area (Å²) in [7, 11) is 0. The summed E-state index contributed by atoms with van der Waals surface area (Å²) in [4.78, 5) is 35.9. The zero-order valence-corrected chi connectivity index (χ0v) is 21.3. The molecule has 0 radical (unpaired) electrons. The van der Waals surface area contributed by atoms with Gasteiger partial charge in [0.2, 0.25) is 0 Å². The lowest BCUT2D eigenvalue weighted by Gasteiger charge is -2.28. The maximum absolute atomic E-state index is 12.5. The third-order valence-corrected chi connectivity index (χ3v) is 5.99. The molecule has 0 unspecified atom stereocenters.